The summed E-state index contributed by atoms with van der Waals surface area (Å²) in [7, 11) is 1.57. The average molecular weight is 205 g/mol. The van der Waals surface area contributed by atoms with E-state index >= 15 is 0 Å². The second-order valence-corrected chi connectivity index (χ2v) is 3.09. The highest BCUT2D eigenvalue weighted by atomic mass is 16.5. The zero-order chi connectivity index (χ0) is 10.8. The molecule has 0 aliphatic carbocycles. The van der Waals surface area contributed by atoms with Crippen LogP contribution in [0.3, 0.4) is 0 Å². The van der Waals surface area contributed by atoms with Crippen molar-refractivity contribution in [3.8, 4) is 5.75 Å². The lowest BCUT2D eigenvalue weighted by molar-refractivity contribution is 0.415. The van der Waals surface area contributed by atoms with Crippen LogP contribution < -0.4 is 16.0 Å². The molecule has 78 valence electrons. The lowest BCUT2D eigenvalue weighted by Crippen LogP contribution is -2.24. The number of methoxy groups -OCH3 is 1. The predicted octanol–water partition coefficient (Wildman–Crippen LogP) is 0.321. The van der Waals surface area contributed by atoms with E-state index in [1.165, 1.54) is 10.9 Å². The van der Waals surface area contributed by atoms with Crippen molar-refractivity contribution in [3.63, 3.8) is 0 Å². The monoisotopic (exact) mass is 205 g/mol. The van der Waals surface area contributed by atoms with Crippen LogP contribution >= 0.6 is 0 Å². The molecule has 5 nitrogen and oxygen atoms in total. The molecule has 0 bridgehead atoms. The first kappa shape index (κ1) is 9.67. The van der Waals surface area contributed by atoms with Gasteiger partial charge in [-0.1, -0.05) is 0 Å². The molecular weight excluding hydrogens is 194 g/mol. The zero-order valence-corrected chi connectivity index (χ0v) is 8.30. The lowest BCUT2D eigenvalue weighted by Gasteiger charge is -2.04. The summed E-state index contributed by atoms with van der Waals surface area (Å²) >= 11 is 0. The van der Waals surface area contributed by atoms with Gasteiger partial charge in [0, 0.05) is 6.07 Å². The van der Waals surface area contributed by atoms with Gasteiger partial charge in [-0.3, -0.25) is 9.36 Å². The summed E-state index contributed by atoms with van der Waals surface area (Å²) in [5.41, 5.74) is 5.88. The largest absolute Gasteiger partial charge is 0.497 e. The number of benzene rings is 1. The lowest BCUT2D eigenvalue weighted by atomic mass is 10.2. The van der Waals surface area contributed by atoms with Crippen molar-refractivity contribution in [1.82, 2.24) is 9.55 Å². The molecule has 0 amide bonds. The molecule has 0 saturated heterocycles. The smallest absolute Gasteiger partial charge is 0.262 e. The van der Waals surface area contributed by atoms with E-state index in [1.54, 1.807) is 25.3 Å². The highest BCUT2D eigenvalue weighted by Gasteiger charge is 2.03. The van der Waals surface area contributed by atoms with Crippen molar-refractivity contribution in [2.75, 3.05) is 7.11 Å². The number of aromatic nitrogens is 2. The van der Waals surface area contributed by atoms with Crippen LogP contribution in [0.15, 0.2) is 29.3 Å². The SMILES string of the molecule is COc1ccc2c(=O)n(CN)cnc2c1. The van der Waals surface area contributed by atoms with Gasteiger partial charge < -0.3 is 10.5 Å². The zero-order valence-electron chi connectivity index (χ0n) is 8.30. The van der Waals surface area contributed by atoms with Crippen LogP contribution in [0.1, 0.15) is 0 Å². The van der Waals surface area contributed by atoms with Gasteiger partial charge in [0.05, 0.1) is 31.0 Å². The molecule has 0 fully saturated rings. The van der Waals surface area contributed by atoms with Crippen LogP contribution in [0.2, 0.25) is 0 Å². The summed E-state index contributed by atoms with van der Waals surface area (Å²) < 4.78 is 6.40. The molecule has 1 aromatic heterocycles. The molecule has 0 aliphatic rings. The van der Waals surface area contributed by atoms with Crippen molar-refractivity contribution < 1.29 is 4.74 Å². The fourth-order valence-corrected chi connectivity index (χ4v) is 1.40. The highest BCUT2D eigenvalue weighted by molar-refractivity contribution is 5.78. The van der Waals surface area contributed by atoms with E-state index in [0.717, 1.165) is 0 Å². The maximum atomic E-state index is 11.8. The van der Waals surface area contributed by atoms with Crippen molar-refractivity contribution in [2.45, 2.75) is 6.67 Å². The molecule has 0 unspecified atom stereocenters. The van der Waals surface area contributed by atoms with Gasteiger partial charge in [0.25, 0.3) is 5.56 Å². The van der Waals surface area contributed by atoms with Gasteiger partial charge in [-0.25, -0.2) is 4.98 Å². The van der Waals surface area contributed by atoms with Crippen molar-refractivity contribution in [2.24, 2.45) is 5.73 Å². The average Bonchev–Trinajstić information content (AvgIpc) is 2.29. The Morgan fingerprint density at radius 3 is 3.00 bits per heavy atom. The molecule has 0 spiro atoms. The third kappa shape index (κ3) is 1.57. The Kier molecular flexibility index (Phi) is 2.39. The fraction of sp³-hybridized carbons (Fsp3) is 0.200. The summed E-state index contributed by atoms with van der Waals surface area (Å²) in [5, 5.41) is 0.545. The van der Waals surface area contributed by atoms with Gasteiger partial charge >= 0.3 is 0 Å². The van der Waals surface area contributed by atoms with E-state index in [9.17, 15) is 4.79 Å². The Morgan fingerprint density at radius 2 is 2.33 bits per heavy atom. The van der Waals surface area contributed by atoms with Gasteiger partial charge in [0.15, 0.2) is 0 Å². The van der Waals surface area contributed by atoms with Gasteiger partial charge in [-0.05, 0) is 12.1 Å². The number of fused-ring (bicyclic) bond motifs is 1. The summed E-state index contributed by atoms with van der Waals surface area (Å²) in [6.45, 7) is 0.133. The minimum absolute atomic E-state index is 0.133. The number of hydrogen-bond acceptors (Lipinski definition) is 4. The van der Waals surface area contributed by atoms with E-state index in [2.05, 4.69) is 4.98 Å². The first-order valence-electron chi connectivity index (χ1n) is 4.49. The molecule has 0 saturated carbocycles. The number of ether oxygens (including phenoxy) is 1. The van der Waals surface area contributed by atoms with Crippen LogP contribution in [-0.2, 0) is 6.67 Å². The van der Waals surface area contributed by atoms with E-state index in [1.807, 2.05) is 0 Å². The number of nitrogens with two attached hydrogens (primary N) is 1. The van der Waals surface area contributed by atoms with Crippen LogP contribution in [0.5, 0.6) is 5.75 Å². The second kappa shape index (κ2) is 3.70. The number of nitrogens with zero attached hydrogens (tertiary/aromatic N) is 2. The fourth-order valence-electron chi connectivity index (χ4n) is 1.40. The molecule has 15 heavy (non-hydrogen) atoms. The minimum Gasteiger partial charge on any atom is -0.497 e. The normalized spacial score (nSPS) is 10.5. The maximum absolute atomic E-state index is 11.8. The topological polar surface area (TPSA) is 70.1 Å². The first-order chi connectivity index (χ1) is 7.26. The first-order valence-corrected chi connectivity index (χ1v) is 4.49. The molecule has 2 N–H and O–H groups in total. The molecule has 0 radical (unpaired) electrons. The molecule has 2 rings (SSSR count). The van der Waals surface area contributed by atoms with Crippen LogP contribution in [0.25, 0.3) is 10.9 Å². The molecule has 1 heterocycles. The third-order valence-corrected chi connectivity index (χ3v) is 2.23. The van der Waals surface area contributed by atoms with E-state index in [4.69, 9.17) is 10.5 Å². The molecule has 5 heteroatoms. The number of rotatable bonds is 2. The van der Waals surface area contributed by atoms with Gasteiger partial charge in [0.2, 0.25) is 0 Å². The Labute approximate surface area is 86.1 Å². The van der Waals surface area contributed by atoms with Crippen molar-refractivity contribution in [3.05, 3.63) is 34.9 Å². The molecule has 2 aromatic rings. The van der Waals surface area contributed by atoms with Gasteiger partial charge in [-0.2, -0.15) is 0 Å². The van der Waals surface area contributed by atoms with Crippen LogP contribution in [-0.4, -0.2) is 16.7 Å². The molecule has 0 atom stereocenters. The number of hydrogen-bond donors (Lipinski definition) is 1. The molecular formula is C10H11N3O2. The molecule has 1 aromatic carbocycles. The summed E-state index contributed by atoms with van der Waals surface area (Å²) in [5.74, 6) is 0.680. The third-order valence-electron chi connectivity index (χ3n) is 2.23. The van der Waals surface area contributed by atoms with E-state index in [0.29, 0.717) is 16.7 Å². The summed E-state index contributed by atoms with van der Waals surface area (Å²) in [6, 6.07) is 5.14. The van der Waals surface area contributed by atoms with Gasteiger partial charge in [-0.15, -0.1) is 0 Å². The standard InChI is InChI=1S/C10H11N3O2/c1-15-7-2-3-8-9(4-7)12-6-13(5-11)10(8)14/h2-4,6H,5,11H2,1H3. The minimum atomic E-state index is -0.134. The van der Waals surface area contributed by atoms with Gasteiger partial charge in [0.1, 0.15) is 5.75 Å². The highest BCUT2D eigenvalue weighted by Crippen LogP contribution is 2.15. The van der Waals surface area contributed by atoms with Crippen molar-refractivity contribution >= 4 is 10.9 Å². The predicted molar refractivity (Wildman–Crippen MR) is 56.7 cm³/mol. The Morgan fingerprint density at radius 1 is 1.53 bits per heavy atom. The Hall–Kier alpha value is -1.88. The van der Waals surface area contributed by atoms with Crippen LogP contribution in [0.4, 0.5) is 0 Å². The van der Waals surface area contributed by atoms with E-state index in [-0.39, 0.29) is 12.2 Å². The summed E-state index contributed by atoms with van der Waals surface area (Å²) in [6.07, 6.45) is 1.43. The molecule has 0 aliphatic heterocycles. The Bertz CT molecular complexity index is 548. The van der Waals surface area contributed by atoms with E-state index < -0.39 is 0 Å². The summed E-state index contributed by atoms with van der Waals surface area (Å²) in [4.78, 5) is 15.9. The Balaban J connectivity index is 2.74. The second-order valence-electron chi connectivity index (χ2n) is 3.09. The van der Waals surface area contributed by atoms with Crippen molar-refractivity contribution in [1.29, 1.82) is 0 Å². The quantitative estimate of drug-likeness (QED) is 0.766. The maximum Gasteiger partial charge on any atom is 0.262 e. The van der Waals surface area contributed by atoms with Crippen LogP contribution in [0, 0.1) is 0 Å².